The van der Waals surface area contributed by atoms with Gasteiger partial charge in [-0.1, -0.05) is 23.9 Å². The smallest absolute Gasteiger partial charge is 0.230 e. The summed E-state index contributed by atoms with van der Waals surface area (Å²) < 4.78 is 7.31. The first kappa shape index (κ1) is 15.4. The number of rotatable bonds is 6. The summed E-state index contributed by atoms with van der Waals surface area (Å²) in [5.41, 5.74) is 6.17. The molecule has 0 spiro atoms. The zero-order valence-corrected chi connectivity index (χ0v) is 13.1. The Balaban J connectivity index is 2.42. The second-order valence-corrected chi connectivity index (χ2v) is 5.72. The Morgan fingerprint density at radius 2 is 2.14 bits per heavy atom. The van der Waals surface area contributed by atoms with E-state index in [2.05, 4.69) is 10.2 Å². The number of hydrogen-bond acceptors (Lipinski definition) is 5. The van der Waals surface area contributed by atoms with E-state index in [4.69, 9.17) is 10.5 Å². The summed E-state index contributed by atoms with van der Waals surface area (Å²) in [6, 6.07) is 7.63. The van der Waals surface area contributed by atoms with Gasteiger partial charge in [-0.25, -0.2) is 0 Å². The van der Waals surface area contributed by atoms with Crippen molar-refractivity contribution in [3.8, 4) is 17.1 Å². The number of nitrogens with zero attached hydrogens (tertiary/aromatic N) is 3. The van der Waals surface area contributed by atoms with E-state index in [1.54, 1.807) is 14.0 Å². The third-order valence-electron chi connectivity index (χ3n) is 3.06. The van der Waals surface area contributed by atoms with Gasteiger partial charge in [0.2, 0.25) is 5.91 Å². The van der Waals surface area contributed by atoms with Crippen molar-refractivity contribution in [2.24, 2.45) is 5.73 Å². The second kappa shape index (κ2) is 6.62. The predicted molar refractivity (Wildman–Crippen MR) is 82.2 cm³/mol. The molecule has 2 rings (SSSR count). The molecule has 1 aromatic carbocycles. The molecule has 1 unspecified atom stereocenters. The van der Waals surface area contributed by atoms with Crippen molar-refractivity contribution >= 4 is 17.7 Å². The maximum Gasteiger partial charge on any atom is 0.230 e. The second-order valence-electron chi connectivity index (χ2n) is 4.41. The molecule has 7 heteroatoms. The van der Waals surface area contributed by atoms with E-state index in [0.29, 0.717) is 17.5 Å². The molecule has 1 atom stereocenters. The first-order valence-corrected chi connectivity index (χ1v) is 7.49. The Kier molecular flexibility index (Phi) is 4.85. The lowest BCUT2D eigenvalue weighted by atomic mass is 10.2. The maximum absolute atomic E-state index is 11.2. The average molecular weight is 306 g/mol. The fraction of sp³-hybridized carbons (Fsp3) is 0.357. The van der Waals surface area contributed by atoms with Crippen LogP contribution in [0.2, 0.25) is 0 Å². The van der Waals surface area contributed by atoms with Gasteiger partial charge in [0.1, 0.15) is 5.75 Å². The van der Waals surface area contributed by atoms with Crippen LogP contribution in [0.5, 0.6) is 5.75 Å². The highest BCUT2D eigenvalue weighted by Crippen LogP contribution is 2.31. The molecule has 0 saturated carbocycles. The monoisotopic (exact) mass is 306 g/mol. The van der Waals surface area contributed by atoms with Crippen molar-refractivity contribution in [1.29, 1.82) is 0 Å². The van der Waals surface area contributed by atoms with Gasteiger partial charge in [-0.05, 0) is 26.0 Å². The van der Waals surface area contributed by atoms with E-state index < -0.39 is 0 Å². The highest BCUT2D eigenvalue weighted by molar-refractivity contribution is 8.00. The largest absolute Gasteiger partial charge is 0.496 e. The van der Waals surface area contributed by atoms with Crippen LogP contribution < -0.4 is 10.5 Å². The fourth-order valence-electron chi connectivity index (χ4n) is 1.91. The number of carbonyl (C=O) groups is 1. The zero-order valence-electron chi connectivity index (χ0n) is 12.2. The van der Waals surface area contributed by atoms with Crippen molar-refractivity contribution in [1.82, 2.24) is 14.8 Å². The molecule has 2 N–H and O–H groups in total. The van der Waals surface area contributed by atoms with Crippen molar-refractivity contribution in [2.75, 3.05) is 7.11 Å². The summed E-state index contributed by atoms with van der Waals surface area (Å²) in [4.78, 5) is 11.2. The molecular weight excluding hydrogens is 288 g/mol. The predicted octanol–water partition coefficient (Wildman–Crippen LogP) is 1.94. The van der Waals surface area contributed by atoms with Gasteiger partial charge in [-0.15, -0.1) is 10.2 Å². The van der Waals surface area contributed by atoms with E-state index in [1.807, 2.05) is 35.8 Å². The molecule has 6 nitrogen and oxygen atoms in total. The standard InChI is InChI=1S/C14H18N4O2S/c1-4-18-13(10-7-5-6-8-11(10)20-3)16-17-14(18)21-9(2)12(15)19/h5-9H,4H2,1-3H3,(H2,15,19). The van der Waals surface area contributed by atoms with Crippen LogP contribution in [0.25, 0.3) is 11.4 Å². The number of amides is 1. The highest BCUT2D eigenvalue weighted by Gasteiger charge is 2.19. The third-order valence-corrected chi connectivity index (χ3v) is 4.16. The van der Waals surface area contributed by atoms with Gasteiger partial charge < -0.3 is 15.0 Å². The quantitative estimate of drug-likeness (QED) is 0.825. The minimum absolute atomic E-state index is 0.356. The summed E-state index contributed by atoms with van der Waals surface area (Å²) in [6.45, 7) is 4.44. The van der Waals surface area contributed by atoms with Crippen LogP contribution in [0.3, 0.4) is 0 Å². The number of thioether (sulfide) groups is 1. The van der Waals surface area contributed by atoms with Crippen molar-refractivity contribution < 1.29 is 9.53 Å². The molecule has 2 aromatic rings. The normalized spacial score (nSPS) is 12.1. The number of benzene rings is 1. The first-order chi connectivity index (χ1) is 10.1. The molecule has 0 saturated heterocycles. The molecule has 0 aliphatic rings. The number of aromatic nitrogens is 3. The lowest BCUT2D eigenvalue weighted by molar-refractivity contribution is -0.117. The SMILES string of the molecule is CCn1c(SC(C)C(N)=O)nnc1-c1ccccc1OC. The lowest BCUT2D eigenvalue weighted by Crippen LogP contribution is -2.23. The van der Waals surface area contributed by atoms with Crippen LogP contribution in [-0.2, 0) is 11.3 Å². The van der Waals surface area contributed by atoms with Crippen LogP contribution in [0, 0.1) is 0 Å². The first-order valence-electron chi connectivity index (χ1n) is 6.61. The van der Waals surface area contributed by atoms with Gasteiger partial charge in [0, 0.05) is 6.54 Å². The third kappa shape index (κ3) is 3.18. The van der Waals surface area contributed by atoms with Crippen molar-refractivity contribution in [3.05, 3.63) is 24.3 Å². The molecule has 0 fully saturated rings. The molecular formula is C14H18N4O2S. The Hall–Kier alpha value is -2.02. The molecule has 1 amide bonds. The van der Waals surface area contributed by atoms with Gasteiger partial charge in [0.05, 0.1) is 17.9 Å². The summed E-state index contributed by atoms with van der Waals surface area (Å²) >= 11 is 1.31. The summed E-state index contributed by atoms with van der Waals surface area (Å²) in [5.74, 6) is 1.08. The van der Waals surface area contributed by atoms with Gasteiger partial charge in [0.25, 0.3) is 0 Å². The van der Waals surface area contributed by atoms with Gasteiger partial charge in [0.15, 0.2) is 11.0 Å². The van der Waals surface area contributed by atoms with Gasteiger partial charge in [-0.2, -0.15) is 0 Å². The summed E-state index contributed by atoms with van der Waals surface area (Å²) in [5, 5.41) is 8.73. The van der Waals surface area contributed by atoms with E-state index in [1.165, 1.54) is 11.8 Å². The number of hydrogen-bond donors (Lipinski definition) is 1. The van der Waals surface area contributed by atoms with Crippen molar-refractivity contribution in [3.63, 3.8) is 0 Å². The summed E-state index contributed by atoms with van der Waals surface area (Å²) in [6.07, 6.45) is 0. The van der Waals surface area contributed by atoms with E-state index in [0.717, 1.165) is 11.3 Å². The molecule has 1 heterocycles. The van der Waals surface area contributed by atoms with Gasteiger partial charge >= 0.3 is 0 Å². The Morgan fingerprint density at radius 1 is 1.43 bits per heavy atom. The molecule has 0 aliphatic carbocycles. The molecule has 0 aliphatic heterocycles. The minimum Gasteiger partial charge on any atom is -0.496 e. The minimum atomic E-state index is -0.371. The van der Waals surface area contributed by atoms with E-state index in [9.17, 15) is 4.79 Å². The number of carbonyl (C=O) groups excluding carboxylic acids is 1. The van der Waals surface area contributed by atoms with E-state index >= 15 is 0 Å². The van der Waals surface area contributed by atoms with Gasteiger partial charge in [-0.3, -0.25) is 4.79 Å². The molecule has 0 radical (unpaired) electrons. The molecule has 1 aromatic heterocycles. The summed E-state index contributed by atoms with van der Waals surface area (Å²) in [7, 11) is 1.62. The maximum atomic E-state index is 11.2. The molecule has 112 valence electrons. The number of nitrogens with two attached hydrogens (primary N) is 1. The van der Waals surface area contributed by atoms with Crippen LogP contribution >= 0.6 is 11.8 Å². The van der Waals surface area contributed by atoms with Crippen LogP contribution in [0.4, 0.5) is 0 Å². The molecule has 21 heavy (non-hydrogen) atoms. The van der Waals surface area contributed by atoms with E-state index in [-0.39, 0.29) is 11.2 Å². The Bertz CT molecular complexity index is 642. The van der Waals surface area contributed by atoms with Crippen LogP contribution in [0.1, 0.15) is 13.8 Å². The Morgan fingerprint density at radius 3 is 2.76 bits per heavy atom. The van der Waals surface area contributed by atoms with Crippen molar-refractivity contribution in [2.45, 2.75) is 30.8 Å². The topological polar surface area (TPSA) is 83.0 Å². The fourth-order valence-corrected chi connectivity index (χ4v) is 2.77. The number of methoxy groups -OCH3 is 1. The number of para-hydroxylation sites is 1. The number of primary amides is 1. The van der Waals surface area contributed by atoms with Crippen LogP contribution in [0.15, 0.2) is 29.4 Å². The highest BCUT2D eigenvalue weighted by atomic mass is 32.2. The van der Waals surface area contributed by atoms with Crippen LogP contribution in [-0.4, -0.2) is 33.0 Å². The number of ether oxygens (including phenoxy) is 1. The molecule has 0 bridgehead atoms. The lowest BCUT2D eigenvalue weighted by Gasteiger charge is -2.11. The zero-order chi connectivity index (χ0) is 15.4. The Labute approximate surface area is 127 Å². The average Bonchev–Trinajstić information content (AvgIpc) is 2.89.